The van der Waals surface area contributed by atoms with Crippen LogP contribution in [0.15, 0.2) is 44.6 Å². The van der Waals surface area contributed by atoms with Crippen molar-refractivity contribution in [1.82, 2.24) is 9.80 Å². The molecule has 1 saturated heterocycles. The lowest BCUT2D eigenvalue weighted by atomic mass is 10.2. The molecule has 1 aromatic heterocycles. The van der Waals surface area contributed by atoms with Crippen LogP contribution < -0.4 is 0 Å². The number of halogens is 2. The highest BCUT2D eigenvalue weighted by atomic mass is 35.5. The molecule has 9 heteroatoms. The van der Waals surface area contributed by atoms with Crippen LogP contribution in [0.3, 0.4) is 0 Å². The van der Waals surface area contributed by atoms with E-state index >= 15 is 0 Å². The van der Waals surface area contributed by atoms with Crippen LogP contribution in [0.25, 0.3) is 17.4 Å². The Balaban J connectivity index is 1.46. The second-order valence-electron chi connectivity index (χ2n) is 6.63. The standard InChI is InChI=1S/C20H17Cl2N3O3S/c1-12(26)24-6-8-25(9-7-24)20-23-19(27)18(29-20)11-14-3-5-17(28-14)15-4-2-13(21)10-16(15)22/h2-5,10-11H,6-9H2,1H3/b18-11+. The lowest BCUT2D eigenvalue weighted by Crippen LogP contribution is -2.49. The molecule has 6 nitrogen and oxygen atoms in total. The van der Waals surface area contributed by atoms with Gasteiger partial charge in [-0.25, -0.2) is 0 Å². The number of amidine groups is 1. The van der Waals surface area contributed by atoms with E-state index in [1.807, 2.05) is 4.90 Å². The Labute approximate surface area is 182 Å². The minimum Gasteiger partial charge on any atom is -0.457 e. The zero-order valence-electron chi connectivity index (χ0n) is 15.5. The Hall–Kier alpha value is -2.22. The van der Waals surface area contributed by atoms with Gasteiger partial charge in [0.15, 0.2) is 5.17 Å². The quantitative estimate of drug-likeness (QED) is 0.636. The number of hydrogen-bond donors (Lipinski definition) is 0. The van der Waals surface area contributed by atoms with Crippen molar-refractivity contribution in [3.63, 3.8) is 0 Å². The van der Waals surface area contributed by atoms with E-state index in [9.17, 15) is 9.59 Å². The highest BCUT2D eigenvalue weighted by molar-refractivity contribution is 8.18. The summed E-state index contributed by atoms with van der Waals surface area (Å²) in [5.74, 6) is 0.911. The van der Waals surface area contributed by atoms with Gasteiger partial charge in [-0.2, -0.15) is 4.99 Å². The van der Waals surface area contributed by atoms with E-state index in [-0.39, 0.29) is 11.8 Å². The van der Waals surface area contributed by atoms with Gasteiger partial charge in [0.05, 0.1) is 9.93 Å². The largest absolute Gasteiger partial charge is 0.457 e. The molecule has 4 rings (SSSR count). The average Bonchev–Trinajstić information content (AvgIpc) is 3.29. The maximum absolute atomic E-state index is 12.3. The van der Waals surface area contributed by atoms with Crippen molar-refractivity contribution in [3.05, 3.63) is 51.0 Å². The van der Waals surface area contributed by atoms with Gasteiger partial charge in [0.25, 0.3) is 5.91 Å². The summed E-state index contributed by atoms with van der Waals surface area (Å²) < 4.78 is 5.84. The van der Waals surface area contributed by atoms with Crippen LogP contribution in [0.4, 0.5) is 0 Å². The first-order valence-electron chi connectivity index (χ1n) is 8.99. The molecule has 0 radical (unpaired) electrons. The fourth-order valence-electron chi connectivity index (χ4n) is 3.14. The molecule has 1 fully saturated rings. The molecule has 2 aliphatic heterocycles. The molecule has 0 aliphatic carbocycles. The number of piperazine rings is 1. The number of aliphatic imine (C=N–C) groups is 1. The summed E-state index contributed by atoms with van der Waals surface area (Å²) in [6, 6.07) is 8.77. The Bertz CT molecular complexity index is 1040. The summed E-state index contributed by atoms with van der Waals surface area (Å²) >= 11 is 13.5. The van der Waals surface area contributed by atoms with Gasteiger partial charge in [-0.15, -0.1) is 0 Å². The van der Waals surface area contributed by atoms with Gasteiger partial charge in [-0.05, 0) is 42.1 Å². The van der Waals surface area contributed by atoms with Gasteiger partial charge in [0.2, 0.25) is 5.91 Å². The predicted molar refractivity (Wildman–Crippen MR) is 116 cm³/mol. The van der Waals surface area contributed by atoms with Gasteiger partial charge in [-0.3, -0.25) is 9.59 Å². The molecule has 0 unspecified atom stereocenters. The Morgan fingerprint density at radius 3 is 2.62 bits per heavy atom. The minimum absolute atomic E-state index is 0.0664. The van der Waals surface area contributed by atoms with Gasteiger partial charge >= 0.3 is 0 Å². The highest BCUT2D eigenvalue weighted by Gasteiger charge is 2.29. The van der Waals surface area contributed by atoms with Crippen molar-refractivity contribution in [2.75, 3.05) is 26.2 Å². The Kier molecular flexibility index (Phi) is 5.72. The fourth-order valence-corrected chi connectivity index (χ4v) is 4.59. The predicted octanol–water partition coefficient (Wildman–Crippen LogP) is 4.39. The molecule has 0 spiro atoms. The maximum Gasteiger partial charge on any atom is 0.286 e. The number of furan rings is 1. The van der Waals surface area contributed by atoms with Gasteiger partial charge < -0.3 is 14.2 Å². The third kappa shape index (κ3) is 4.37. The summed E-state index contributed by atoms with van der Waals surface area (Å²) in [4.78, 5) is 32.3. The molecule has 0 bridgehead atoms. The summed E-state index contributed by atoms with van der Waals surface area (Å²) in [7, 11) is 0. The molecular weight excluding hydrogens is 433 g/mol. The molecule has 29 heavy (non-hydrogen) atoms. The van der Waals surface area contributed by atoms with E-state index < -0.39 is 0 Å². The number of amides is 2. The highest BCUT2D eigenvalue weighted by Crippen LogP contribution is 2.34. The number of carbonyl (C=O) groups excluding carboxylic acids is 2. The number of hydrogen-bond acceptors (Lipinski definition) is 5. The third-order valence-corrected chi connectivity index (χ3v) is 6.29. The van der Waals surface area contributed by atoms with Crippen LogP contribution in [0.2, 0.25) is 10.0 Å². The van der Waals surface area contributed by atoms with E-state index in [0.717, 1.165) is 5.56 Å². The van der Waals surface area contributed by atoms with E-state index in [0.29, 0.717) is 57.8 Å². The van der Waals surface area contributed by atoms with Crippen LogP contribution in [-0.4, -0.2) is 53.0 Å². The van der Waals surface area contributed by atoms with Crippen molar-refractivity contribution >= 4 is 58.0 Å². The zero-order chi connectivity index (χ0) is 20.5. The zero-order valence-corrected chi connectivity index (χ0v) is 17.9. The summed E-state index contributed by atoms with van der Waals surface area (Å²) in [6.07, 6.45) is 1.68. The van der Waals surface area contributed by atoms with E-state index in [2.05, 4.69) is 4.99 Å². The second-order valence-corrected chi connectivity index (χ2v) is 8.48. The first-order chi connectivity index (χ1) is 13.9. The van der Waals surface area contributed by atoms with Crippen molar-refractivity contribution in [3.8, 4) is 11.3 Å². The fraction of sp³-hybridized carbons (Fsp3) is 0.250. The van der Waals surface area contributed by atoms with Crippen LogP contribution >= 0.6 is 35.0 Å². The minimum atomic E-state index is -0.290. The van der Waals surface area contributed by atoms with Crippen molar-refractivity contribution in [2.24, 2.45) is 4.99 Å². The molecule has 2 amide bonds. The SMILES string of the molecule is CC(=O)N1CCN(C2=NC(=O)/C(=C\c3ccc(-c4ccc(Cl)cc4Cl)o3)S2)CC1. The van der Waals surface area contributed by atoms with Gasteiger partial charge in [0, 0.05) is 49.8 Å². The monoisotopic (exact) mass is 449 g/mol. The first-order valence-corrected chi connectivity index (χ1v) is 10.6. The molecular formula is C20H17Cl2N3O3S. The normalized spacial score (nSPS) is 18.5. The van der Waals surface area contributed by atoms with E-state index in [1.165, 1.54) is 11.8 Å². The lowest BCUT2D eigenvalue weighted by molar-refractivity contribution is -0.130. The number of nitrogens with zero attached hydrogens (tertiary/aromatic N) is 3. The van der Waals surface area contributed by atoms with Crippen LogP contribution in [-0.2, 0) is 9.59 Å². The molecule has 2 aromatic rings. The third-order valence-electron chi connectivity index (χ3n) is 4.70. The maximum atomic E-state index is 12.3. The molecule has 0 N–H and O–H groups in total. The van der Waals surface area contributed by atoms with Crippen LogP contribution in [0, 0.1) is 0 Å². The smallest absolute Gasteiger partial charge is 0.286 e. The molecule has 1 aromatic carbocycles. The molecule has 3 heterocycles. The van der Waals surface area contributed by atoms with E-state index in [4.69, 9.17) is 27.6 Å². The van der Waals surface area contributed by atoms with Crippen molar-refractivity contribution < 1.29 is 14.0 Å². The lowest BCUT2D eigenvalue weighted by Gasteiger charge is -2.34. The van der Waals surface area contributed by atoms with Crippen molar-refractivity contribution in [1.29, 1.82) is 0 Å². The van der Waals surface area contributed by atoms with Gasteiger partial charge in [-0.1, -0.05) is 23.2 Å². The van der Waals surface area contributed by atoms with Crippen molar-refractivity contribution in [2.45, 2.75) is 6.92 Å². The van der Waals surface area contributed by atoms with Crippen LogP contribution in [0.5, 0.6) is 0 Å². The molecule has 0 atom stereocenters. The average molecular weight is 450 g/mol. The summed E-state index contributed by atoms with van der Waals surface area (Å²) in [5, 5.41) is 1.71. The number of carbonyl (C=O) groups is 2. The number of benzene rings is 1. The number of thioether (sulfide) groups is 1. The Morgan fingerprint density at radius 1 is 1.17 bits per heavy atom. The summed E-state index contributed by atoms with van der Waals surface area (Å²) in [6.45, 7) is 4.14. The first kappa shape index (κ1) is 20.1. The molecule has 2 aliphatic rings. The Morgan fingerprint density at radius 2 is 1.93 bits per heavy atom. The van der Waals surface area contributed by atoms with Crippen LogP contribution in [0.1, 0.15) is 12.7 Å². The second kappa shape index (κ2) is 8.26. The summed E-state index contributed by atoms with van der Waals surface area (Å²) in [5.41, 5.74) is 0.728. The molecule has 150 valence electrons. The van der Waals surface area contributed by atoms with Gasteiger partial charge in [0.1, 0.15) is 11.5 Å². The van der Waals surface area contributed by atoms with E-state index in [1.54, 1.807) is 48.2 Å². The molecule has 0 saturated carbocycles. The topological polar surface area (TPSA) is 66.1 Å². The number of rotatable bonds is 2.